The first kappa shape index (κ1) is 14.4. The third-order valence-electron chi connectivity index (χ3n) is 6.84. The van der Waals surface area contributed by atoms with Gasteiger partial charge in [-0.2, -0.15) is 0 Å². The van der Waals surface area contributed by atoms with Crippen molar-refractivity contribution >= 4 is 17.5 Å². The topological polar surface area (TPSA) is 20.3 Å². The summed E-state index contributed by atoms with van der Waals surface area (Å²) in [6.45, 7) is 0.899. The smallest absolute Gasteiger partial charge is 0.226 e. The van der Waals surface area contributed by atoms with Crippen molar-refractivity contribution in [2.24, 2.45) is 29.6 Å². The van der Waals surface area contributed by atoms with E-state index in [2.05, 4.69) is 4.90 Å². The van der Waals surface area contributed by atoms with Crippen molar-refractivity contribution < 1.29 is 4.79 Å². The fraction of sp³-hybridized carbons (Fsp3) is 0.944. The number of hydrogen-bond donors (Lipinski definition) is 0. The predicted molar refractivity (Wildman–Crippen MR) is 85.2 cm³/mol. The monoisotopic (exact) mass is 309 g/mol. The molecule has 0 N–H and O–H groups in total. The average molecular weight is 310 g/mol. The number of nitrogens with zero attached hydrogens (tertiary/aromatic N) is 1. The molecule has 1 amide bonds. The Hall–Kier alpha value is -0.240. The fourth-order valence-corrected chi connectivity index (χ4v) is 6.04. The number of carbonyl (C=O) groups excluding carboxylic acids is 1. The Morgan fingerprint density at radius 1 is 1.00 bits per heavy atom. The van der Waals surface area contributed by atoms with E-state index >= 15 is 0 Å². The summed E-state index contributed by atoms with van der Waals surface area (Å²) in [5, 5.41) is 0. The molecule has 5 aliphatic carbocycles. The highest BCUT2D eigenvalue weighted by atomic mass is 35.5. The van der Waals surface area contributed by atoms with Crippen LogP contribution < -0.4 is 0 Å². The van der Waals surface area contributed by atoms with Gasteiger partial charge in [0.2, 0.25) is 5.91 Å². The number of rotatable bonds is 5. The SMILES string of the molecule is O=C(C1C2CC3CC(C2)CC1C3)N(CCCCl)C1CCC1. The quantitative estimate of drug-likeness (QED) is 0.701. The van der Waals surface area contributed by atoms with Crippen LogP contribution in [-0.4, -0.2) is 29.3 Å². The molecule has 0 aliphatic heterocycles. The molecular formula is C18H28ClNO. The Morgan fingerprint density at radius 2 is 1.62 bits per heavy atom. The normalized spacial score (nSPS) is 41.1. The highest BCUT2D eigenvalue weighted by Crippen LogP contribution is 2.57. The van der Waals surface area contributed by atoms with E-state index < -0.39 is 0 Å². The van der Waals surface area contributed by atoms with Crippen molar-refractivity contribution in [2.45, 2.75) is 63.8 Å². The summed E-state index contributed by atoms with van der Waals surface area (Å²) < 4.78 is 0. The zero-order valence-corrected chi connectivity index (χ0v) is 13.7. The molecule has 5 rings (SSSR count). The van der Waals surface area contributed by atoms with Crippen molar-refractivity contribution in [2.75, 3.05) is 12.4 Å². The third-order valence-corrected chi connectivity index (χ3v) is 7.11. The molecule has 5 saturated carbocycles. The lowest BCUT2D eigenvalue weighted by molar-refractivity contribution is -0.153. The standard InChI is InChI=1S/C18H28ClNO/c19-5-2-6-20(16-3-1-4-16)18(21)17-14-8-12-7-13(10-14)11-15(17)9-12/h12-17H,1-11H2. The van der Waals surface area contributed by atoms with Gasteiger partial charge in [0.25, 0.3) is 0 Å². The molecule has 118 valence electrons. The zero-order valence-electron chi connectivity index (χ0n) is 13.0. The Bertz CT molecular complexity index is 378. The molecule has 5 fully saturated rings. The van der Waals surface area contributed by atoms with E-state index in [0.29, 0.717) is 35.6 Å². The van der Waals surface area contributed by atoms with Crippen molar-refractivity contribution in [1.29, 1.82) is 0 Å². The van der Waals surface area contributed by atoms with Gasteiger partial charge in [-0.1, -0.05) is 0 Å². The van der Waals surface area contributed by atoms with Crippen LogP contribution in [0, 0.1) is 29.6 Å². The molecule has 0 aromatic carbocycles. The molecule has 0 saturated heterocycles. The summed E-state index contributed by atoms with van der Waals surface area (Å²) in [4.78, 5) is 15.5. The average Bonchev–Trinajstić information content (AvgIpc) is 2.39. The summed E-state index contributed by atoms with van der Waals surface area (Å²) in [6.07, 6.45) is 11.5. The van der Waals surface area contributed by atoms with Gasteiger partial charge in [0.05, 0.1) is 0 Å². The van der Waals surface area contributed by atoms with Crippen LogP contribution in [0.15, 0.2) is 0 Å². The fourth-order valence-electron chi connectivity index (χ4n) is 5.92. The van der Waals surface area contributed by atoms with Gasteiger partial charge in [-0.25, -0.2) is 0 Å². The third kappa shape index (κ3) is 2.52. The van der Waals surface area contributed by atoms with Gasteiger partial charge in [0.15, 0.2) is 0 Å². The maximum atomic E-state index is 13.3. The second kappa shape index (κ2) is 5.76. The molecule has 0 spiro atoms. The number of carbonyl (C=O) groups is 1. The molecular weight excluding hydrogens is 282 g/mol. The molecule has 0 heterocycles. The van der Waals surface area contributed by atoms with E-state index in [1.165, 1.54) is 51.4 Å². The van der Waals surface area contributed by atoms with Crippen LogP contribution in [0.25, 0.3) is 0 Å². The van der Waals surface area contributed by atoms with Gasteiger partial charge >= 0.3 is 0 Å². The molecule has 0 aromatic heterocycles. The minimum atomic E-state index is 0.369. The van der Waals surface area contributed by atoms with E-state index in [1.54, 1.807) is 0 Å². The molecule has 0 unspecified atom stereocenters. The number of hydrogen-bond acceptors (Lipinski definition) is 1. The Kier molecular flexibility index (Phi) is 3.94. The first-order valence-corrected chi connectivity index (χ1v) is 9.66. The lowest BCUT2D eigenvalue weighted by Gasteiger charge is -2.55. The van der Waals surface area contributed by atoms with E-state index in [0.717, 1.165) is 24.8 Å². The molecule has 3 heteroatoms. The summed E-state index contributed by atoms with van der Waals surface area (Å²) in [7, 11) is 0. The van der Waals surface area contributed by atoms with E-state index in [1.807, 2.05) is 0 Å². The number of amides is 1. The first-order chi connectivity index (χ1) is 10.3. The lowest BCUT2D eigenvalue weighted by Crippen LogP contribution is -2.55. The highest BCUT2D eigenvalue weighted by molar-refractivity contribution is 6.17. The van der Waals surface area contributed by atoms with Crippen LogP contribution in [-0.2, 0) is 4.79 Å². The van der Waals surface area contributed by atoms with E-state index in [4.69, 9.17) is 11.6 Å². The molecule has 0 atom stereocenters. The van der Waals surface area contributed by atoms with Crippen LogP contribution >= 0.6 is 11.6 Å². The van der Waals surface area contributed by atoms with E-state index in [-0.39, 0.29) is 0 Å². The second-order valence-corrected chi connectivity index (χ2v) is 8.49. The summed E-state index contributed by atoms with van der Waals surface area (Å²) >= 11 is 5.88. The second-order valence-electron chi connectivity index (χ2n) is 8.12. The lowest BCUT2D eigenvalue weighted by atomic mass is 9.51. The minimum absolute atomic E-state index is 0.369. The summed E-state index contributed by atoms with van der Waals surface area (Å²) in [5.41, 5.74) is 0. The largest absolute Gasteiger partial charge is 0.339 e. The summed E-state index contributed by atoms with van der Waals surface area (Å²) in [6, 6.07) is 0.540. The number of halogens is 1. The van der Waals surface area contributed by atoms with Gasteiger partial charge in [-0.05, 0) is 81.5 Å². The Labute approximate surface area is 133 Å². The van der Waals surface area contributed by atoms with Crippen molar-refractivity contribution in [3.05, 3.63) is 0 Å². The maximum absolute atomic E-state index is 13.3. The number of alkyl halides is 1. The molecule has 0 aromatic rings. The summed E-state index contributed by atoms with van der Waals surface area (Å²) in [5.74, 6) is 4.90. The minimum Gasteiger partial charge on any atom is -0.339 e. The van der Waals surface area contributed by atoms with Gasteiger partial charge in [-0.15, -0.1) is 11.6 Å². The molecule has 5 aliphatic rings. The molecule has 2 nitrogen and oxygen atoms in total. The Balaban J connectivity index is 1.49. The van der Waals surface area contributed by atoms with Gasteiger partial charge in [0, 0.05) is 24.4 Å². The zero-order chi connectivity index (χ0) is 14.4. The van der Waals surface area contributed by atoms with Crippen molar-refractivity contribution in [3.8, 4) is 0 Å². The van der Waals surface area contributed by atoms with Crippen LogP contribution in [0.3, 0.4) is 0 Å². The highest BCUT2D eigenvalue weighted by Gasteiger charge is 2.52. The maximum Gasteiger partial charge on any atom is 0.226 e. The molecule has 4 bridgehead atoms. The van der Waals surface area contributed by atoms with Crippen LogP contribution in [0.1, 0.15) is 57.8 Å². The van der Waals surface area contributed by atoms with Gasteiger partial charge in [-0.3, -0.25) is 4.79 Å². The van der Waals surface area contributed by atoms with Gasteiger partial charge in [0.1, 0.15) is 0 Å². The predicted octanol–water partition coefficient (Wildman–Crippen LogP) is 4.07. The van der Waals surface area contributed by atoms with E-state index in [9.17, 15) is 4.79 Å². The van der Waals surface area contributed by atoms with Crippen molar-refractivity contribution in [3.63, 3.8) is 0 Å². The molecule has 0 radical (unpaired) electrons. The van der Waals surface area contributed by atoms with Crippen LogP contribution in [0.4, 0.5) is 0 Å². The van der Waals surface area contributed by atoms with Crippen molar-refractivity contribution in [1.82, 2.24) is 4.90 Å². The van der Waals surface area contributed by atoms with Gasteiger partial charge < -0.3 is 4.90 Å². The molecule has 21 heavy (non-hydrogen) atoms. The van der Waals surface area contributed by atoms with Crippen LogP contribution in [0.5, 0.6) is 0 Å². The Morgan fingerprint density at radius 3 is 2.10 bits per heavy atom. The first-order valence-electron chi connectivity index (χ1n) is 9.12. The van der Waals surface area contributed by atoms with Crippen LogP contribution in [0.2, 0.25) is 0 Å².